The molecule has 1 unspecified atom stereocenters. The molecule has 2 rings (SSSR count). The molecule has 2 heterocycles. The van der Waals surface area contributed by atoms with Crippen LogP contribution in [0.3, 0.4) is 0 Å². The summed E-state index contributed by atoms with van der Waals surface area (Å²) >= 11 is 1.24. The minimum atomic E-state index is -1.04. The Balaban J connectivity index is 2.33. The summed E-state index contributed by atoms with van der Waals surface area (Å²) in [6, 6.07) is 1.56. The lowest BCUT2D eigenvalue weighted by Crippen LogP contribution is -2.41. The van der Waals surface area contributed by atoms with E-state index in [4.69, 9.17) is 5.11 Å². The number of nitrogens with zero attached hydrogens (tertiary/aromatic N) is 5. The van der Waals surface area contributed by atoms with E-state index in [-0.39, 0.29) is 18.5 Å². The lowest BCUT2D eigenvalue weighted by Gasteiger charge is -2.26. The Morgan fingerprint density at radius 1 is 1.52 bits per heavy atom. The zero-order chi connectivity index (χ0) is 15.4. The smallest absolute Gasteiger partial charge is 0.323 e. The molecule has 0 saturated carbocycles. The van der Waals surface area contributed by atoms with Gasteiger partial charge in [0.1, 0.15) is 17.7 Å². The molecule has 1 amide bonds. The van der Waals surface area contributed by atoms with Gasteiger partial charge in [-0.25, -0.2) is 0 Å². The maximum atomic E-state index is 12.6. The molecule has 0 fully saturated rings. The Kier molecular flexibility index (Phi) is 4.63. The van der Waals surface area contributed by atoms with Gasteiger partial charge in [0.25, 0.3) is 5.91 Å². The number of carbonyl (C=O) groups is 2. The van der Waals surface area contributed by atoms with Crippen LogP contribution in [0.4, 0.5) is 0 Å². The monoisotopic (exact) mass is 309 g/mol. The number of carboxylic acids is 1. The molecule has 0 bridgehead atoms. The summed E-state index contributed by atoms with van der Waals surface area (Å²) in [6.45, 7) is 3.40. The molecular formula is C12H15N5O3S. The standard InChI is InChI=1S/C12H15N5O3S/c1-3-8(2)16(6-10(18)19)12(20)11-9(4-5-21-11)17-7-13-14-15-17/h4-5,7-8H,3,6H2,1-2H3,(H,18,19). The maximum Gasteiger partial charge on any atom is 0.323 e. The molecule has 2 aromatic heterocycles. The van der Waals surface area contributed by atoms with Crippen LogP contribution in [-0.2, 0) is 4.79 Å². The van der Waals surface area contributed by atoms with Crippen LogP contribution in [-0.4, -0.2) is 54.7 Å². The zero-order valence-electron chi connectivity index (χ0n) is 11.6. The van der Waals surface area contributed by atoms with Crippen molar-refractivity contribution in [3.63, 3.8) is 0 Å². The third-order valence-electron chi connectivity index (χ3n) is 3.12. The molecule has 0 aliphatic carbocycles. The minimum Gasteiger partial charge on any atom is -0.480 e. The molecule has 2 aromatic rings. The average Bonchev–Trinajstić information content (AvgIpc) is 3.12. The molecule has 1 atom stereocenters. The molecule has 9 heteroatoms. The topological polar surface area (TPSA) is 101 Å². The first-order chi connectivity index (χ1) is 10.0. The number of aliphatic carboxylic acids is 1. The Morgan fingerprint density at radius 2 is 2.29 bits per heavy atom. The molecule has 112 valence electrons. The zero-order valence-corrected chi connectivity index (χ0v) is 12.4. The van der Waals surface area contributed by atoms with E-state index in [1.807, 2.05) is 13.8 Å². The highest BCUT2D eigenvalue weighted by atomic mass is 32.1. The molecule has 0 spiro atoms. The number of thiophene rings is 1. The third-order valence-corrected chi connectivity index (χ3v) is 4.02. The lowest BCUT2D eigenvalue weighted by atomic mass is 10.2. The van der Waals surface area contributed by atoms with Gasteiger partial charge in [-0.3, -0.25) is 9.59 Å². The van der Waals surface area contributed by atoms with Gasteiger partial charge >= 0.3 is 5.97 Å². The van der Waals surface area contributed by atoms with Crippen molar-refractivity contribution in [2.24, 2.45) is 0 Å². The van der Waals surface area contributed by atoms with E-state index >= 15 is 0 Å². The molecular weight excluding hydrogens is 294 g/mol. The molecule has 1 N–H and O–H groups in total. The van der Waals surface area contributed by atoms with E-state index in [1.54, 1.807) is 11.4 Å². The van der Waals surface area contributed by atoms with Crippen LogP contribution in [0.5, 0.6) is 0 Å². The van der Waals surface area contributed by atoms with Crippen LogP contribution in [0.1, 0.15) is 29.9 Å². The Bertz CT molecular complexity index is 625. The van der Waals surface area contributed by atoms with E-state index in [1.165, 1.54) is 27.2 Å². The molecule has 0 saturated heterocycles. The largest absolute Gasteiger partial charge is 0.480 e. The molecule has 21 heavy (non-hydrogen) atoms. The summed E-state index contributed by atoms with van der Waals surface area (Å²) in [6.07, 6.45) is 2.06. The van der Waals surface area contributed by atoms with Crippen molar-refractivity contribution >= 4 is 23.2 Å². The second kappa shape index (κ2) is 6.44. The van der Waals surface area contributed by atoms with Crippen LogP contribution in [0.25, 0.3) is 5.69 Å². The molecule has 0 aromatic carbocycles. The van der Waals surface area contributed by atoms with Crippen molar-refractivity contribution in [2.75, 3.05) is 6.54 Å². The quantitative estimate of drug-likeness (QED) is 0.856. The van der Waals surface area contributed by atoms with Crippen molar-refractivity contribution in [2.45, 2.75) is 26.3 Å². The van der Waals surface area contributed by atoms with Gasteiger partial charge in [0, 0.05) is 6.04 Å². The Hall–Kier alpha value is -2.29. The van der Waals surface area contributed by atoms with Gasteiger partial charge in [0.2, 0.25) is 0 Å². The van der Waals surface area contributed by atoms with E-state index < -0.39 is 5.97 Å². The van der Waals surface area contributed by atoms with Crippen molar-refractivity contribution in [1.29, 1.82) is 0 Å². The van der Waals surface area contributed by atoms with Gasteiger partial charge in [-0.1, -0.05) is 6.92 Å². The highest BCUT2D eigenvalue weighted by molar-refractivity contribution is 7.12. The predicted octanol–water partition coefficient (Wildman–Crippen LogP) is 1.05. The normalized spacial score (nSPS) is 12.1. The van der Waals surface area contributed by atoms with Crippen LogP contribution in [0, 0.1) is 0 Å². The van der Waals surface area contributed by atoms with E-state index in [0.29, 0.717) is 17.0 Å². The van der Waals surface area contributed by atoms with Crippen LogP contribution in [0.15, 0.2) is 17.8 Å². The minimum absolute atomic E-state index is 0.169. The SMILES string of the molecule is CCC(C)N(CC(=O)O)C(=O)c1sccc1-n1cnnn1. The summed E-state index contributed by atoms with van der Waals surface area (Å²) in [5.74, 6) is -1.36. The van der Waals surface area contributed by atoms with E-state index in [9.17, 15) is 9.59 Å². The summed E-state index contributed by atoms with van der Waals surface area (Å²) in [4.78, 5) is 25.4. The average molecular weight is 309 g/mol. The van der Waals surface area contributed by atoms with Gasteiger partial charge < -0.3 is 10.0 Å². The second-order valence-corrected chi connectivity index (χ2v) is 5.39. The van der Waals surface area contributed by atoms with Gasteiger partial charge in [-0.2, -0.15) is 4.68 Å². The second-order valence-electron chi connectivity index (χ2n) is 4.47. The van der Waals surface area contributed by atoms with Gasteiger partial charge in [-0.05, 0) is 35.2 Å². The highest BCUT2D eigenvalue weighted by Gasteiger charge is 2.26. The Labute approximate surface area is 125 Å². The van der Waals surface area contributed by atoms with Crippen LogP contribution >= 0.6 is 11.3 Å². The van der Waals surface area contributed by atoms with Crippen molar-refractivity contribution in [3.05, 3.63) is 22.7 Å². The van der Waals surface area contributed by atoms with Crippen molar-refractivity contribution in [1.82, 2.24) is 25.1 Å². The highest BCUT2D eigenvalue weighted by Crippen LogP contribution is 2.23. The molecule has 0 aliphatic heterocycles. The van der Waals surface area contributed by atoms with Gasteiger partial charge in [0.15, 0.2) is 0 Å². The van der Waals surface area contributed by atoms with E-state index in [0.717, 1.165) is 0 Å². The van der Waals surface area contributed by atoms with Gasteiger partial charge in [-0.15, -0.1) is 16.4 Å². The summed E-state index contributed by atoms with van der Waals surface area (Å²) < 4.78 is 1.39. The molecule has 0 aliphatic rings. The predicted molar refractivity (Wildman–Crippen MR) is 75.5 cm³/mol. The first-order valence-electron chi connectivity index (χ1n) is 6.38. The maximum absolute atomic E-state index is 12.6. The fourth-order valence-corrected chi connectivity index (χ4v) is 2.67. The fraction of sp³-hybridized carbons (Fsp3) is 0.417. The fourth-order valence-electron chi connectivity index (χ4n) is 1.84. The summed E-state index contributed by atoms with van der Waals surface area (Å²) in [5.41, 5.74) is 0.550. The Morgan fingerprint density at radius 3 is 2.86 bits per heavy atom. The van der Waals surface area contributed by atoms with Gasteiger partial charge in [0.05, 0.1) is 5.69 Å². The number of hydrogen-bond donors (Lipinski definition) is 1. The number of amides is 1. The third kappa shape index (κ3) is 3.24. The first-order valence-corrected chi connectivity index (χ1v) is 7.26. The van der Waals surface area contributed by atoms with Crippen molar-refractivity contribution < 1.29 is 14.7 Å². The van der Waals surface area contributed by atoms with Crippen LogP contribution < -0.4 is 0 Å². The molecule has 0 radical (unpaired) electrons. The molecule has 8 nitrogen and oxygen atoms in total. The van der Waals surface area contributed by atoms with Crippen molar-refractivity contribution in [3.8, 4) is 5.69 Å². The number of rotatable bonds is 6. The number of tetrazole rings is 1. The van der Waals surface area contributed by atoms with Crippen LogP contribution in [0.2, 0.25) is 0 Å². The number of carbonyl (C=O) groups excluding carboxylic acids is 1. The number of hydrogen-bond acceptors (Lipinski definition) is 6. The lowest BCUT2D eigenvalue weighted by molar-refractivity contribution is -0.138. The van der Waals surface area contributed by atoms with E-state index in [2.05, 4.69) is 15.5 Å². The first kappa shape index (κ1) is 15.1. The summed E-state index contributed by atoms with van der Waals surface area (Å²) in [7, 11) is 0. The summed E-state index contributed by atoms with van der Waals surface area (Å²) in [5, 5.41) is 21.6. The number of aromatic nitrogens is 4. The number of carboxylic acid groups (broad SMARTS) is 1.